The molecule has 0 saturated carbocycles. The monoisotopic (exact) mass is 233 g/mol. The van der Waals surface area contributed by atoms with E-state index in [4.69, 9.17) is 0 Å². The van der Waals surface area contributed by atoms with Crippen LogP contribution in [0.1, 0.15) is 39.5 Å². The van der Waals surface area contributed by atoms with Crippen LogP contribution in [0.2, 0.25) is 0 Å². The van der Waals surface area contributed by atoms with Gasteiger partial charge in [-0.25, -0.2) is 4.98 Å². The smallest absolute Gasteiger partial charge is 0.147 e. The minimum Gasteiger partial charge on any atom is -0.355 e. The van der Waals surface area contributed by atoms with E-state index >= 15 is 0 Å². The van der Waals surface area contributed by atoms with Gasteiger partial charge in [0.25, 0.3) is 0 Å². The quantitative estimate of drug-likeness (QED) is 0.800. The highest BCUT2D eigenvalue weighted by atomic mass is 15.2. The molecule has 0 aromatic carbocycles. The van der Waals surface area contributed by atoms with Gasteiger partial charge in [0.15, 0.2) is 0 Å². The normalized spacial score (nSPS) is 17.7. The molecule has 17 heavy (non-hydrogen) atoms. The molecule has 0 unspecified atom stereocenters. The van der Waals surface area contributed by atoms with Crippen LogP contribution in [0.25, 0.3) is 0 Å². The van der Waals surface area contributed by atoms with E-state index in [1.807, 2.05) is 6.20 Å². The summed E-state index contributed by atoms with van der Waals surface area (Å²) in [5.74, 6) is 2.80. The molecule has 1 aromatic heterocycles. The zero-order chi connectivity index (χ0) is 12.1. The number of hydrogen-bond donors (Lipinski definition) is 0. The van der Waals surface area contributed by atoms with Gasteiger partial charge < -0.3 is 4.90 Å². The summed E-state index contributed by atoms with van der Waals surface area (Å²) >= 11 is 0. The maximum atomic E-state index is 4.37. The minimum atomic E-state index is 0.841. The first kappa shape index (κ1) is 12.3. The molecular weight excluding hydrogens is 210 g/mol. The molecule has 0 atom stereocenters. The van der Waals surface area contributed by atoms with Gasteiger partial charge in [0.2, 0.25) is 0 Å². The van der Waals surface area contributed by atoms with E-state index in [2.05, 4.69) is 28.7 Å². The maximum absolute atomic E-state index is 4.37. The standard InChI is InChI=1S/C14H23N3/c1-12(2)3-4-13-5-9-17(10-6-13)14-11-15-7-8-16-14/h7-8,11-13H,3-6,9-10H2,1-2H3. The van der Waals surface area contributed by atoms with Crippen LogP contribution in [0.4, 0.5) is 5.82 Å². The average Bonchev–Trinajstić information content (AvgIpc) is 2.38. The summed E-state index contributed by atoms with van der Waals surface area (Å²) in [4.78, 5) is 10.9. The molecule has 0 bridgehead atoms. The molecular formula is C14H23N3. The molecule has 1 aliphatic heterocycles. The second kappa shape index (κ2) is 5.99. The first-order valence-corrected chi connectivity index (χ1v) is 6.76. The first-order valence-electron chi connectivity index (χ1n) is 6.76. The van der Waals surface area contributed by atoms with Crippen LogP contribution in [0.3, 0.4) is 0 Å². The average molecular weight is 233 g/mol. The number of nitrogens with zero attached hydrogens (tertiary/aromatic N) is 3. The lowest BCUT2D eigenvalue weighted by atomic mass is 9.90. The van der Waals surface area contributed by atoms with Gasteiger partial charge in [0.05, 0.1) is 6.20 Å². The second-order valence-corrected chi connectivity index (χ2v) is 5.47. The number of piperidine rings is 1. The predicted octanol–water partition coefficient (Wildman–Crippen LogP) is 3.13. The van der Waals surface area contributed by atoms with Crippen LogP contribution < -0.4 is 4.90 Å². The number of rotatable bonds is 4. The Bertz CT molecular complexity index is 315. The van der Waals surface area contributed by atoms with Crippen molar-refractivity contribution in [3.8, 4) is 0 Å². The zero-order valence-electron chi connectivity index (χ0n) is 11.0. The van der Waals surface area contributed by atoms with E-state index in [1.54, 1.807) is 12.4 Å². The SMILES string of the molecule is CC(C)CCC1CCN(c2cnccn2)CC1. The van der Waals surface area contributed by atoms with Gasteiger partial charge in [-0.2, -0.15) is 0 Å². The molecule has 3 nitrogen and oxygen atoms in total. The highest BCUT2D eigenvalue weighted by Gasteiger charge is 2.19. The summed E-state index contributed by atoms with van der Waals surface area (Å²) in [7, 11) is 0. The van der Waals surface area contributed by atoms with E-state index in [0.717, 1.165) is 30.7 Å². The molecule has 2 heterocycles. The van der Waals surface area contributed by atoms with Crippen LogP contribution in [0.15, 0.2) is 18.6 Å². The highest BCUT2D eigenvalue weighted by Crippen LogP contribution is 2.25. The summed E-state index contributed by atoms with van der Waals surface area (Å²) in [6, 6.07) is 0. The Morgan fingerprint density at radius 3 is 2.65 bits per heavy atom. The molecule has 1 fully saturated rings. The van der Waals surface area contributed by atoms with Gasteiger partial charge in [-0.3, -0.25) is 4.98 Å². The van der Waals surface area contributed by atoms with Crippen LogP contribution in [0, 0.1) is 11.8 Å². The lowest BCUT2D eigenvalue weighted by Crippen LogP contribution is -2.34. The third-order valence-electron chi connectivity index (χ3n) is 3.64. The number of aromatic nitrogens is 2. The molecule has 3 heteroatoms. The van der Waals surface area contributed by atoms with Crippen LogP contribution in [0.5, 0.6) is 0 Å². The Morgan fingerprint density at radius 1 is 1.29 bits per heavy atom. The van der Waals surface area contributed by atoms with Gasteiger partial charge in [0, 0.05) is 25.5 Å². The molecule has 0 aliphatic carbocycles. The highest BCUT2D eigenvalue weighted by molar-refractivity contribution is 5.35. The Hall–Kier alpha value is -1.12. The fraction of sp³-hybridized carbons (Fsp3) is 0.714. The van der Waals surface area contributed by atoms with Gasteiger partial charge in [-0.05, 0) is 24.7 Å². The van der Waals surface area contributed by atoms with Crippen LogP contribution >= 0.6 is 0 Å². The summed E-state index contributed by atoms with van der Waals surface area (Å²) in [6.07, 6.45) is 10.8. The fourth-order valence-corrected chi connectivity index (χ4v) is 2.47. The van der Waals surface area contributed by atoms with Gasteiger partial charge >= 0.3 is 0 Å². The molecule has 0 radical (unpaired) electrons. The Morgan fingerprint density at radius 2 is 2.06 bits per heavy atom. The second-order valence-electron chi connectivity index (χ2n) is 5.47. The van der Waals surface area contributed by atoms with E-state index < -0.39 is 0 Å². The lowest BCUT2D eigenvalue weighted by Gasteiger charge is -2.32. The van der Waals surface area contributed by atoms with Crippen molar-refractivity contribution in [1.82, 2.24) is 9.97 Å². The third kappa shape index (κ3) is 3.69. The van der Waals surface area contributed by atoms with Crippen molar-refractivity contribution in [2.24, 2.45) is 11.8 Å². The van der Waals surface area contributed by atoms with Crippen molar-refractivity contribution in [1.29, 1.82) is 0 Å². The van der Waals surface area contributed by atoms with E-state index in [1.165, 1.54) is 25.7 Å². The summed E-state index contributed by atoms with van der Waals surface area (Å²) in [5.41, 5.74) is 0. The molecule has 0 N–H and O–H groups in total. The Kier molecular flexibility index (Phi) is 4.35. The van der Waals surface area contributed by atoms with Gasteiger partial charge in [0.1, 0.15) is 5.82 Å². The van der Waals surface area contributed by atoms with E-state index in [0.29, 0.717) is 0 Å². The first-order chi connectivity index (χ1) is 8.25. The van der Waals surface area contributed by atoms with Gasteiger partial charge in [-0.1, -0.05) is 26.7 Å². The molecule has 1 saturated heterocycles. The van der Waals surface area contributed by atoms with Crippen molar-refractivity contribution in [3.63, 3.8) is 0 Å². The van der Waals surface area contributed by atoms with Gasteiger partial charge in [-0.15, -0.1) is 0 Å². The molecule has 1 aliphatic rings. The lowest BCUT2D eigenvalue weighted by molar-refractivity contribution is 0.350. The maximum Gasteiger partial charge on any atom is 0.147 e. The van der Waals surface area contributed by atoms with Crippen LogP contribution in [-0.4, -0.2) is 23.1 Å². The molecule has 0 amide bonds. The summed E-state index contributed by atoms with van der Waals surface area (Å²) < 4.78 is 0. The molecule has 0 spiro atoms. The predicted molar refractivity (Wildman–Crippen MR) is 71.0 cm³/mol. The Labute approximate surface area is 104 Å². The van der Waals surface area contributed by atoms with Crippen molar-refractivity contribution in [2.75, 3.05) is 18.0 Å². The largest absolute Gasteiger partial charge is 0.355 e. The zero-order valence-corrected chi connectivity index (χ0v) is 11.0. The fourth-order valence-electron chi connectivity index (χ4n) is 2.47. The van der Waals surface area contributed by atoms with Crippen molar-refractivity contribution >= 4 is 5.82 Å². The summed E-state index contributed by atoms with van der Waals surface area (Å²) in [5, 5.41) is 0. The van der Waals surface area contributed by atoms with Crippen LogP contribution in [-0.2, 0) is 0 Å². The van der Waals surface area contributed by atoms with Crippen molar-refractivity contribution < 1.29 is 0 Å². The van der Waals surface area contributed by atoms with Crippen molar-refractivity contribution in [3.05, 3.63) is 18.6 Å². The third-order valence-corrected chi connectivity index (χ3v) is 3.64. The molecule has 2 rings (SSSR count). The minimum absolute atomic E-state index is 0.841. The Balaban J connectivity index is 1.78. The summed E-state index contributed by atoms with van der Waals surface area (Å²) in [6.45, 7) is 6.91. The molecule has 94 valence electrons. The van der Waals surface area contributed by atoms with E-state index in [-0.39, 0.29) is 0 Å². The number of anilines is 1. The van der Waals surface area contributed by atoms with Crippen molar-refractivity contribution in [2.45, 2.75) is 39.5 Å². The molecule has 1 aromatic rings. The number of hydrogen-bond acceptors (Lipinski definition) is 3. The topological polar surface area (TPSA) is 29.0 Å². The van der Waals surface area contributed by atoms with E-state index in [9.17, 15) is 0 Å².